The monoisotopic (exact) mass is 615 g/mol. The van der Waals surface area contributed by atoms with Gasteiger partial charge in [0.25, 0.3) is 0 Å². The number of halogens is 1. The zero-order valence-electron chi connectivity index (χ0n) is 24.4. The summed E-state index contributed by atoms with van der Waals surface area (Å²) in [6, 6.07) is 16.4. The molecule has 228 valence electrons. The van der Waals surface area contributed by atoms with Crippen LogP contribution < -0.4 is 5.32 Å². The first-order valence-corrected chi connectivity index (χ1v) is 15.5. The summed E-state index contributed by atoms with van der Waals surface area (Å²) in [5, 5.41) is 42.1. The van der Waals surface area contributed by atoms with Gasteiger partial charge in [-0.15, -0.1) is 0 Å². The third-order valence-electron chi connectivity index (χ3n) is 7.33. The van der Waals surface area contributed by atoms with E-state index in [9.17, 15) is 20.1 Å². The molecule has 8 nitrogen and oxygen atoms in total. The summed E-state index contributed by atoms with van der Waals surface area (Å²) in [7, 11) is 0. The van der Waals surface area contributed by atoms with Crippen LogP contribution in [0.2, 0.25) is 5.02 Å². The first-order valence-electron chi connectivity index (χ1n) is 14.3. The number of nitrogens with one attached hydrogen (secondary N) is 1. The molecule has 3 aromatic rings. The van der Waals surface area contributed by atoms with Gasteiger partial charge >= 0.3 is 0 Å². The Morgan fingerprint density at radius 1 is 1.12 bits per heavy atom. The van der Waals surface area contributed by atoms with Gasteiger partial charge in [-0.2, -0.15) is 0 Å². The second-order valence-corrected chi connectivity index (χ2v) is 11.8. The average molecular weight is 616 g/mol. The molecule has 0 radical (unpaired) electrons. The molecule has 1 heterocycles. The van der Waals surface area contributed by atoms with E-state index < -0.39 is 18.3 Å². The standard InChI is InChI=1S/C32H42ClN3O5S/c1-4-23-19-34-15-13-26(23)25-9-5-8-24(18-25)22(3)36(42-30-11-6-10-27(33)21(30)2)16-7-12-31(40)35-20-29(39)32(41)28(38)14-17-37/h5-6,8-11,13,15,18-19,22,28-29,32,37-39,41H,4,7,12,14,16-17,20H2,1-3H3,(H,35,40). The molecular formula is C32H42ClN3O5S. The maximum Gasteiger partial charge on any atom is 0.220 e. The molecule has 0 saturated heterocycles. The number of amides is 1. The summed E-state index contributed by atoms with van der Waals surface area (Å²) < 4.78 is 2.25. The molecule has 1 amide bonds. The van der Waals surface area contributed by atoms with E-state index in [-0.39, 0.29) is 37.9 Å². The molecule has 4 unspecified atom stereocenters. The van der Waals surface area contributed by atoms with Crippen LogP contribution in [0.3, 0.4) is 0 Å². The molecule has 3 rings (SSSR count). The van der Waals surface area contributed by atoms with Crippen LogP contribution in [0.5, 0.6) is 0 Å². The number of benzene rings is 2. The van der Waals surface area contributed by atoms with Crippen LogP contribution in [0.1, 0.15) is 55.8 Å². The van der Waals surface area contributed by atoms with E-state index in [0.717, 1.165) is 28.0 Å². The lowest BCUT2D eigenvalue weighted by Crippen LogP contribution is -2.44. The molecule has 10 heteroatoms. The Kier molecular flexibility index (Phi) is 13.7. The van der Waals surface area contributed by atoms with Gasteiger partial charge in [-0.1, -0.05) is 42.8 Å². The number of carbonyl (C=O) groups excluding carboxylic acids is 1. The second kappa shape index (κ2) is 17.0. The number of hydrogen-bond donors (Lipinski definition) is 5. The zero-order chi connectivity index (χ0) is 30.6. The number of nitrogens with zero attached hydrogens (tertiary/aromatic N) is 2. The van der Waals surface area contributed by atoms with Crippen molar-refractivity contribution in [2.24, 2.45) is 0 Å². The highest BCUT2D eigenvalue weighted by molar-refractivity contribution is 7.97. The number of aliphatic hydroxyl groups is 4. The summed E-state index contributed by atoms with van der Waals surface area (Å²) in [5.74, 6) is -0.263. The number of pyridine rings is 1. The minimum absolute atomic E-state index is 0.00767. The molecule has 42 heavy (non-hydrogen) atoms. The van der Waals surface area contributed by atoms with Gasteiger partial charge in [-0.3, -0.25) is 9.78 Å². The molecule has 0 aliphatic heterocycles. The minimum Gasteiger partial charge on any atom is -0.396 e. The fourth-order valence-electron chi connectivity index (χ4n) is 4.64. The lowest BCUT2D eigenvalue weighted by atomic mass is 9.97. The van der Waals surface area contributed by atoms with Gasteiger partial charge in [-0.05, 0) is 97.1 Å². The van der Waals surface area contributed by atoms with E-state index in [1.54, 1.807) is 11.9 Å². The van der Waals surface area contributed by atoms with Crippen LogP contribution in [-0.4, -0.2) is 73.6 Å². The fraction of sp³-hybridized carbons (Fsp3) is 0.438. The molecular weight excluding hydrogens is 574 g/mol. The fourth-order valence-corrected chi connectivity index (χ4v) is 6.01. The first kappa shape index (κ1) is 34.0. The Labute approximate surface area is 257 Å². The Bertz CT molecular complexity index is 1300. The average Bonchev–Trinajstić information content (AvgIpc) is 3.00. The van der Waals surface area contributed by atoms with Gasteiger partial charge in [0, 0.05) is 54.5 Å². The first-order chi connectivity index (χ1) is 20.2. The normalized spacial score (nSPS) is 14.4. The van der Waals surface area contributed by atoms with Crippen molar-refractivity contribution in [2.75, 3.05) is 19.7 Å². The molecule has 5 N–H and O–H groups in total. The highest BCUT2D eigenvalue weighted by atomic mass is 35.5. The van der Waals surface area contributed by atoms with Gasteiger partial charge in [-0.25, -0.2) is 4.31 Å². The van der Waals surface area contributed by atoms with E-state index in [0.29, 0.717) is 18.0 Å². The van der Waals surface area contributed by atoms with Crippen molar-refractivity contribution in [3.8, 4) is 11.1 Å². The number of aryl methyl sites for hydroxylation is 1. The lowest BCUT2D eigenvalue weighted by molar-refractivity contribution is -0.122. The van der Waals surface area contributed by atoms with Crippen molar-refractivity contribution in [2.45, 2.75) is 75.7 Å². The molecule has 0 saturated carbocycles. The summed E-state index contributed by atoms with van der Waals surface area (Å²) in [6.07, 6.45) is 1.27. The van der Waals surface area contributed by atoms with Gasteiger partial charge in [0.2, 0.25) is 5.91 Å². The number of aromatic nitrogens is 1. The Hall–Kier alpha value is -2.50. The second-order valence-electron chi connectivity index (χ2n) is 10.3. The van der Waals surface area contributed by atoms with Crippen LogP contribution in [0, 0.1) is 6.92 Å². The number of rotatable bonds is 16. The quantitative estimate of drug-likeness (QED) is 0.147. The minimum atomic E-state index is -1.46. The molecule has 0 aliphatic rings. The Morgan fingerprint density at radius 2 is 1.88 bits per heavy atom. The van der Waals surface area contributed by atoms with Crippen molar-refractivity contribution in [3.63, 3.8) is 0 Å². The van der Waals surface area contributed by atoms with Crippen LogP contribution >= 0.6 is 23.5 Å². The molecule has 1 aromatic heterocycles. The van der Waals surface area contributed by atoms with Gasteiger partial charge in [0.15, 0.2) is 0 Å². The predicted molar refractivity (Wildman–Crippen MR) is 168 cm³/mol. The van der Waals surface area contributed by atoms with Gasteiger partial charge < -0.3 is 25.7 Å². The van der Waals surface area contributed by atoms with Gasteiger partial charge in [0.1, 0.15) is 6.10 Å². The summed E-state index contributed by atoms with van der Waals surface area (Å²) in [4.78, 5) is 17.9. The van der Waals surface area contributed by atoms with Gasteiger partial charge in [0.05, 0.1) is 12.2 Å². The van der Waals surface area contributed by atoms with E-state index in [1.165, 1.54) is 11.1 Å². The highest BCUT2D eigenvalue weighted by Gasteiger charge is 2.25. The van der Waals surface area contributed by atoms with Crippen molar-refractivity contribution in [1.29, 1.82) is 0 Å². The van der Waals surface area contributed by atoms with Crippen molar-refractivity contribution in [1.82, 2.24) is 14.6 Å². The Morgan fingerprint density at radius 3 is 2.62 bits per heavy atom. The molecule has 2 aromatic carbocycles. The van der Waals surface area contributed by atoms with Crippen LogP contribution in [-0.2, 0) is 11.2 Å². The number of carbonyl (C=O) groups is 1. The smallest absolute Gasteiger partial charge is 0.220 e. The third kappa shape index (κ3) is 9.50. The van der Waals surface area contributed by atoms with Crippen LogP contribution in [0.4, 0.5) is 0 Å². The Balaban J connectivity index is 1.71. The molecule has 0 fully saturated rings. The molecule has 0 bridgehead atoms. The summed E-state index contributed by atoms with van der Waals surface area (Å²) in [6.45, 7) is 6.36. The van der Waals surface area contributed by atoms with Crippen molar-refractivity contribution >= 4 is 29.5 Å². The maximum atomic E-state index is 12.6. The van der Waals surface area contributed by atoms with Crippen LogP contribution in [0.25, 0.3) is 11.1 Å². The largest absolute Gasteiger partial charge is 0.396 e. The molecule has 0 aliphatic carbocycles. The number of aliphatic hydroxyl groups excluding tert-OH is 4. The summed E-state index contributed by atoms with van der Waals surface area (Å²) in [5.41, 5.74) is 5.62. The van der Waals surface area contributed by atoms with E-state index >= 15 is 0 Å². The summed E-state index contributed by atoms with van der Waals surface area (Å²) >= 11 is 8.03. The third-order valence-corrected chi connectivity index (χ3v) is 9.12. The van der Waals surface area contributed by atoms with E-state index in [2.05, 4.69) is 52.7 Å². The predicted octanol–water partition coefficient (Wildman–Crippen LogP) is 4.70. The van der Waals surface area contributed by atoms with Crippen molar-refractivity contribution in [3.05, 3.63) is 82.6 Å². The maximum absolute atomic E-state index is 12.6. The molecule has 0 spiro atoms. The highest BCUT2D eigenvalue weighted by Crippen LogP contribution is 2.37. The van der Waals surface area contributed by atoms with E-state index in [1.807, 2.05) is 43.6 Å². The SMILES string of the molecule is CCc1cnccc1-c1cccc(C(C)N(CCCC(=O)NCC(O)C(O)C(O)CCO)Sc2cccc(Cl)c2C)c1. The van der Waals surface area contributed by atoms with E-state index in [4.69, 9.17) is 16.7 Å². The lowest BCUT2D eigenvalue weighted by Gasteiger charge is -2.29. The van der Waals surface area contributed by atoms with Crippen LogP contribution in [0.15, 0.2) is 65.8 Å². The number of hydrogen-bond acceptors (Lipinski definition) is 8. The molecule has 4 atom stereocenters. The topological polar surface area (TPSA) is 126 Å². The van der Waals surface area contributed by atoms with Crippen molar-refractivity contribution < 1.29 is 25.2 Å². The zero-order valence-corrected chi connectivity index (χ0v) is 26.0.